The van der Waals surface area contributed by atoms with Gasteiger partial charge in [0, 0.05) is 30.4 Å². The van der Waals surface area contributed by atoms with Gasteiger partial charge in [-0.25, -0.2) is 4.79 Å². The molecule has 0 fully saturated rings. The summed E-state index contributed by atoms with van der Waals surface area (Å²) < 4.78 is 5.34. The van der Waals surface area contributed by atoms with E-state index < -0.39 is 24.5 Å². The number of rotatable bonds is 10. The van der Waals surface area contributed by atoms with Crippen molar-refractivity contribution in [2.24, 2.45) is 0 Å². The van der Waals surface area contributed by atoms with E-state index in [1.165, 1.54) is 6.92 Å². The van der Waals surface area contributed by atoms with Crippen LogP contribution in [0, 0.1) is 0 Å². The molecule has 7 nitrogen and oxygen atoms in total. The Hall–Kier alpha value is -4.39. The molecule has 1 heterocycles. The molecule has 2 atom stereocenters. The van der Waals surface area contributed by atoms with Crippen LogP contribution in [0.25, 0.3) is 10.9 Å². The molecule has 0 aliphatic heterocycles. The molecule has 4 aromatic rings. The Balaban J connectivity index is 1.40. The van der Waals surface area contributed by atoms with Gasteiger partial charge in [0.15, 0.2) is 6.61 Å². The number of amides is 2. The summed E-state index contributed by atoms with van der Waals surface area (Å²) in [6, 6.07) is 26.0. The predicted molar refractivity (Wildman–Crippen MR) is 138 cm³/mol. The lowest BCUT2D eigenvalue weighted by Crippen LogP contribution is -2.43. The van der Waals surface area contributed by atoms with E-state index in [1.54, 1.807) is 0 Å². The Bertz CT molecular complexity index is 1320. The summed E-state index contributed by atoms with van der Waals surface area (Å²) in [6.07, 6.45) is 2.65. The van der Waals surface area contributed by atoms with Gasteiger partial charge in [-0.15, -0.1) is 0 Å². The molecular weight excluding hydrogens is 454 g/mol. The standard InChI is InChI=1S/C29H29N3O4/c1-20(33)31-27(17-23-18-30-25-15-9-8-14-24(23)25)29(35)36-19-28(34)32-26(22-12-6-3-7-13-22)16-21-10-4-2-5-11-21/h2-15,18,26-27,30H,16-17,19H2,1H3,(H,31,33)(H,32,34). The van der Waals surface area contributed by atoms with Crippen LogP contribution in [0.5, 0.6) is 0 Å². The van der Waals surface area contributed by atoms with Crippen molar-refractivity contribution in [3.8, 4) is 0 Å². The lowest BCUT2D eigenvalue weighted by molar-refractivity contribution is -0.151. The highest BCUT2D eigenvalue weighted by Crippen LogP contribution is 2.20. The van der Waals surface area contributed by atoms with Crippen LogP contribution in [0.15, 0.2) is 91.1 Å². The minimum Gasteiger partial charge on any atom is -0.454 e. The first-order chi connectivity index (χ1) is 17.5. The van der Waals surface area contributed by atoms with Crippen LogP contribution in [0.1, 0.15) is 29.7 Å². The molecule has 0 bridgehead atoms. The molecular formula is C29H29N3O4. The minimum absolute atomic E-state index is 0.241. The second kappa shape index (κ2) is 11.8. The number of ether oxygens (including phenoxy) is 1. The number of aromatic nitrogens is 1. The first kappa shape index (κ1) is 24.7. The van der Waals surface area contributed by atoms with Gasteiger partial charge in [0.25, 0.3) is 5.91 Å². The molecule has 1 aromatic heterocycles. The van der Waals surface area contributed by atoms with Gasteiger partial charge < -0.3 is 20.4 Å². The zero-order valence-electron chi connectivity index (χ0n) is 20.1. The van der Waals surface area contributed by atoms with Crippen molar-refractivity contribution in [2.75, 3.05) is 6.61 Å². The third-order valence-electron chi connectivity index (χ3n) is 5.93. The Morgan fingerprint density at radius 1 is 0.833 bits per heavy atom. The van der Waals surface area contributed by atoms with Crippen LogP contribution in [0.4, 0.5) is 0 Å². The number of nitrogens with one attached hydrogen (secondary N) is 3. The molecule has 0 spiro atoms. The molecule has 3 aromatic carbocycles. The first-order valence-corrected chi connectivity index (χ1v) is 11.9. The molecule has 7 heteroatoms. The summed E-state index contributed by atoms with van der Waals surface area (Å²) in [6.45, 7) is 0.900. The molecule has 36 heavy (non-hydrogen) atoms. The van der Waals surface area contributed by atoms with Crippen molar-refractivity contribution >= 4 is 28.7 Å². The average molecular weight is 484 g/mol. The van der Waals surface area contributed by atoms with Crippen LogP contribution >= 0.6 is 0 Å². The van der Waals surface area contributed by atoms with Crippen molar-refractivity contribution < 1.29 is 19.1 Å². The number of hydrogen-bond donors (Lipinski definition) is 3. The second-order valence-electron chi connectivity index (χ2n) is 8.64. The molecule has 4 rings (SSSR count). The maximum Gasteiger partial charge on any atom is 0.329 e. The monoisotopic (exact) mass is 483 g/mol. The highest BCUT2D eigenvalue weighted by atomic mass is 16.5. The van der Waals surface area contributed by atoms with Gasteiger partial charge in [0.1, 0.15) is 6.04 Å². The molecule has 0 saturated carbocycles. The molecule has 2 unspecified atom stereocenters. The van der Waals surface area contributed by atoms with Crippen LogP contribution in [0.2, 0.25) is 0 Å². The molecule has 2 amide bonds. The van der Waals surface area contributed by atoms with Gasteiger partial charge >= 0.3 is 5.97 Å². The first-order valence-electron chi connectivity index (χ1n) is 11.9. The highest BCUT2D eigenvalue weighted by Gasteiger charge is 2.24. The van der Waals surface area contributed by atoms with Gasteiger partial charge in [-0.2, -0.15) is 0 Å². The lowest BCUT2D eigenvalue weighted by atomic mass is 9.99. The highest BCUT2D eigenvalue weighted by molar-refractivity contribution is 5.88. The fraction of sp³-hybridized carbons (Fsp3) is 0.207. The van der Waals surface area contributed by atoms with E-state index in [2.05, 4.69) is 15.6 Å². The number of benzene rings is 3. The quantitative estimate of drug-likeness (QED) is 0.298. The van der Waals surface area contributed by atoms with Crippen molar-refractivity contribution in [3.63, 3.8) is 0 Å². The summed E-state index contributed by atoms with van der Waals surface area (Å²) >= 11 is 0. The molecule has 184 valence electrons. The van der Waals surface area contributed by atoms with E-state index in [9.17, 15) is 14.4 Å². The lowest BCUT2D eigenvalue weighted by Gasteiger charge is -2.20. The average Bonchev–Trinajstić information content (AvgIpc) is 3.30. The molecule has 0 saturated heterocycles. The van der Waals surface area contributed by atoms with E-state index in [4.69, 9.17) is 4.74 Å². The van der Waals surface area contributed by atoms with Crippen LogP contribution in [-0.4, -0.2) is 35.4 Å². The van der Waals surface area contributed by atoms with Gasteiger partial charge in [0.2, 0.25) is 5.91 Å². The van der Waals surface area contributed by atoms with Crippen molar-refractivity contribution in [1.82, 2.24) is 15.6 Å². The topological polar surface area (TPSA) is 100 Å². The SMILES string of the molecule is CC(=O)NC(Cc1c[nH]c2ccccc12)C(=O)OCC(=O)NC(Cc1ccccc1)c1ccccc1. The van der Waals surface area contributed by atoms with E-state index in [-0.39, 0.29) is 18.4 Å². The summed E-state index contributed by atoms with van der Waals surface area (Å²) in [5, 5.41) is 6.59. The zero-order valence-corrected chi connectivity index (χ0v) is 20.1. The summed E-state index contributed by atoms with van der Waals surface area (Å²) in [4.78, 5) is 40.6. The molecule has 3 N–H and O–H groups in total. The number of para-hydroxylation sites is 1. The minimum atomic E-state index is -0.913. The smallest absolute Gasteiger partial charge is 0.329 e. The van der Waals surface area contributed by atoms with Gasteiger partial charge in [-0.1, -0.05) is 78.9 Å². The predicted octanol–water partition coefficient (Wildman–Crippen LogP) is 3.86. The third kappa shape index (κ3) is 6.60. The van der Waals surface area contributed by atoms with Crippen molar-refractivity contribution in [3.05, 3.63) is 108 Å². The molecule has 0 aliphatic rings. The van der Waals surface area contributed by atoms with E-state index >= 15 is 0 Å². The van der Waals surface area contributed by atoms with Crippen LogP contribution in [0.3, 0.4) is 0 Å². The molecule has 0 aliphatic carbocycles. The fourth-order valence-electron chi connectivity index (χ4n) is 4.22. The van der Waals surface area contributed by atoms with E-state index in [1.807, 2.05) is 91.1 Å². The van der Waals surface area contributed by atoms with E-state index in [0.717, 1.165) is 27.6 Å². The number of esters is 1. The summed E-state index contributed by atoms with van der Waals surface area (Å²) in [7, 11) is 0. The Kier molecular flexibility index (Phi) is 8.13. The normalized spacial score (nSPS) is 12.5. The number of carbonyl (C=O) groups excluding carboxylic acids is 3. The zero-order chi connectivity index (χ0) is 25.3. The summed E-state index contributed by atoms with van der Waals surface area (Å²) in [5.41, 5.74) is 3.84. The Morgan fingerprint density at radius 2 is 1.50 bits per heavy atom. The number of H-pyrrole nitrogens is 1. The van der Waals surface area contributed by atoms with Gasteiger partial charge in [-0.3, -0.25) is 9.59 Å². The maximum atomic E-state index is 12.9. The number of fused-ring (bicyclic) bond motifs is 1. The van der Waals surface area contributed by atoms with Gasteiger partial charge in [0.05, 0.1) is 6.04 Å². The van der Waals surface area contributed by atoms with Crippen LogP contribution < -0.4 is 10.6 Å². The second-order valence-corrected chi connectivity index (χ2v) is 8.64. The van der Waals surface area contributed by atoms with Gasteiger partial charge in [-0.05, 0) is 29.2 Å². The van der Waals surface area contributed by atoms with Crippen molar-refractivity contribution in [1.29, 1.82) is 0 Å². The third-order valence-corrected chi connectivity index (χ3v) is 5.93. The van der Waals surface area contributed by atoms with E-state index in [0.29, 0.717) is 6.42 Å². The number of aromatic amines is 1. The molecule has 0 radical (unpaired) electrons. The number of carbonyl (C=O) groups is 3. The number of hydrogen-bond acceptors (Lipinski definition) is 4. The fourth-order valence-corrected chi connectivity index (χ4v) is 4.22. The van der Waals surface area contributed by atoms with Crippen molar-refractivity contribution in [2.45, 2.75) is 31.8 Å². The summed E-state index contributed by atoms with van der Waals surface area (Å²) in [5.74, 6) is -1.43. The Morgan fingerprint density at radius 3 is 2.22 bits per heavy atom. The van der Waals surface area contributed by atoms with Crippen LogP contribution in [-0.2, 0) is 32.0 Å². The Labute approximate surface area is 209 Å². The maximum absolute atomic E-state index is 12.9. The largest absolute Gasteiger partial charge is 0.454 e.